The zero-order valence-corrected chi connectivity index (χ0v) is 30.7. The standard InChI is InChI=1S/C55H35N/c1-3-15-36(16-4-1)37-27-29-39(30-28-37)56(38-17-5-2-6-18-38)40-31-32-53-49(33-40)45-23-11-13-25-51(45)55(53)52-26-14-12-24-46(52)50-34-47-43-21-9-7-19-41(43)42-20-8-10-22-44(42)48(47)35-54(50)55/h1-35H. The van der Waals surface area contributed by atoms with Gasteiger partial charge in [0.25, 0.3) is 0 Å². The van der Waals surface area contributed by atoms with Crippen molar-refractivity contribution in [3.8, 4) is 33.4 Å². The Kier molecular flexibility index (Phi) is 6.62. The highest BCUT2D eigenvalue weighted by Crippen LogP contribution is 2.64. The third-order valence-electron chi connectivity index (χ3n) is 12.4. The van der Waals surface area contributed by atoms with Crippen LogP contribution in [0.5, 0.6) is 0 Å². The lowest BCUT2D eigenvalue weighted by atomic mass is 9.70. The normalized spacial score (nSPS) is 14.9. The van der Waals surface area contributed by atoms with E-state index in [1.807, 2.05) is 0 Å². The SMILES string of the molecule is c1ccc(-c2ccc(N(c3ccccc3)c3ccc4c(c3)-c3ccccc3C43c4ccccc4-c4cc5c6ccccc6c6ccccc6c5cc43)cc2)cc1. The molecule has 10 aromatic carbocycles. The maximum Gasteiger partial charge on any atom is 0.0725 e. The first kappa shape index (κ1) is 31.2. The molecular formula is C55H35N. The summed E-state index contributed by atoms with van der Waals surface area (Å²) in [5, 5.41) is 7.82. The number of para-hydroxylation sites is 1. The lowest BCUT2D eigenvalue weighted by Gasteiger charge is -2.31. The third kappa shape index (κ3) is 4.26. The topological polar surface area (TPSA) is 3.24 Å². The van der Waals surface area contributed by atoms with Crippen LogP contribution in [0.15, 0.2) is 212 Å². The van der Waals surface area contributed by atoms with Crippen LogP contribution in [-0.4, -0.2) is 0 Å². The number of benzene rings is 10. The maximum atomic E-state index is 2.55. The summed E-state index contributed by atoms with van der Waals surface area (Å²) in [6.45, 7) is 0. The van der Waals surface area contributed by atoms with E-state index in [1.165, 1.54) is 88.0 Å². The van der Waals surface area contributed by atoms with Gasteiger partial charge in [-0.2, -0.15) is 0 Å². The molecular weight excluding hydrogens is 675 g/mol. The van der Waals surface area contributed by atoms with Crippen molar-refractivity contribution in [2.75, 3.05) is 4.90 Å². The van der Waals surface area contributed by atoms with E-state index < -0.39 is 5.41 Å². The fourth-order valence-corrected chi connectivity index (χ4v) is 10.1. The third-order valence-corrected chi connectivity index (χ3v) is 12.4. The van der Waals surface area contributed by atoms with Gasteiger partial charge >= 0.3 is 0 Å². The fraction of sp³-hybridized carbons (Fsp3) is 0.0182. The molecule has 0 amide bonds. The van der Waals surface area contributed by atoms with Crippen LogP contribution in [0.25, 0.3) is 65.7 Å². The number of hydrogen-bond acceptors (Lipinski definition) is 1. The van der Waals surface area contributed by atoms with E-state index in [-0.39, 0.29) is 0 Å². The van der Waals surface area contributed by atoms with Gasteiger partial charge in [-0.05, 0) is 136 Å². The molecule has 1 nitrogen and oxygen atoms in total. The van der Waals surface area contributed by atoms with Gasteiger partial charge in [0.1, 0.15) is 0 Å². The molecule has 260 valence electrons. The van der Waals surface area contributed by atoms with Crippen LogP contribution in [0.4, 0.5) is 17.1 Å². The average Bonchev–Trinajstić information content (AvgIpc) is 3.73. The molecule has 2 aliphatic rings. The molecule has 1 heteroatoms. The maximum absolute atomic E-state index is 2.55. The van der Waals surface area contributed by atoms with E-state index in [1.54, 1.807) is 0 Å². The van der Waals surface area contributed by atoms with Gasteiger partial charge in [0.05, 0.1) is 5.41 Å². The number of fused-ring (bicyclic) bond motifs is 16. The first-order chi connectivity index (χ1) is 27.8. The second-order valence-corrected chi connectivity index (χ2v) is 15.2. The molecule has 0 heterocycles. The van der Waals surface area contributed by atoms with Crippen molar-refractivity contribution in [3.05, 3.63) is 235 Å². The lowest BCUT2D eigenvalue weighted by Crippen LogP contribution is -2.26. The van der Waals surface area contributed by atoms with Gasteiger partial charge in [0.2, 0.25) is 0 Å². The van der Waals surface area contributed by atoms with Crippen LogP contribution in [0.1, 0.15) is 22.3 Å². The fourth-order valence-electron chi connectivity index (χ4n) is 10.1. The van der Waals surface area contributed by atoms with Gasteiger partial charge in [-0.15, -0.1) is 0 Å². The molecule has 0 radical (unpaired) electrons. The van der Waals surface area contributed by atoms with E-state index in [0.29, 0.717) is 0 Å². The van der Waals surface area contributed by atoms with Gasteiger partial charge in [0.15, 0.2) is 0 Å². The van der Waals surface area contributed by atoms with Crippen molar-refractivity contribution in [2.24, 2.45) is 0 Å². The van der Waals surface area contributed by atoms with Crippen LogP contribution in [0.2, 0.25) is 0 Å². The van der Waals surface area contributed by atoms with E-state index in [0.717, 1.165) is 17.1 Å². The van der Waals surface area contributed by atoms with Crippen LogP contribution in [0, 0.1) is 0 Å². The average molecular weight is 710 g/mol. The molecule has 0 N–H and O–H groups in total. The molecule has 0 fully saturated rings. The van der Waals surface area contributed by atoms with E-state index >= 15 is 0 Å². The zero-order chi connectivity index (χ0) is 36.8. The van der Waals surface area contributed by atoms with Gasteiger partial charge < -0.3 is 4.90 Å². The molecule has 1 spiro atoms. The van der Waals surface area contributed by atoms with Gasteiger partial charge in [-0.25, -0.2) is 0 Å². The highest BCUT2D eigenvalue weighted by Gasteiger charge is 2.52. The molecule has 2 aliphatic carbocycles. The molecule has 10 aromatic rings. The van der Waals surface area contributed by atoms with Crippen LogP contribution < -0.4 is 4.90 Å². The Balaban J connectivity index is 1.11. The zero-order valence-electron chi connectivity index (χ0n) is 30.7. The van der Waals surface area contributed by atoms with E-state index in [4.69, 9.17) is 0 Å². The Bertz CT molecular complexity index is 3180. The largest absolute Gasteiger partial charge is 0.310 e. The highest BCUT2D eigenvalue weighted by atomic mass is 15.1. The predicted molar refractivity (Wildman–Crippen MR) is 235 cm³/mol. The van der Waals surface area contributed by atoms with Crippen LogP contribution >= 0.6 is 0 Å². The molecule has 0 saturated carbocycles. The number of rotatable bonds is 4. The van der Waals surface area contributed by atoms with Crippen molar-refractivity contribution in [2.45, 2.75) is 5.41 Å². The lowest BCUT2D eigenvalue weighted by molar-refractivity contribution is 0.795. The summed E-state index contributed by atoms with van der Waals surface area (Å²) >= 11 is 0. The molecule has 0 aromatic heterocycles. The molecule has 0 aliphatic heterocycles. The van der Waals surface area contributed by atoms with Crippen molar-refractivity contribution in [1.29, 1.82) is 0 Å². The smallest absolute Gasteiger partial charge is 0.0725 e. The monoisotopic (exact) mass is 709 g/mol. The quantitative estimate of drug-likeness (QED) is 0.164. The molecule has 1 atom stereocenters. The van der Waals surface area contributed by atoms with Gasteiger partial charge in [-0.3, -0.25) is 0 Å². The summed E-state index contributed by atoms with van der Waals surface area (Å²) in [5.74, 6) is 0. The van der Waals surface area contributed by atoms with Crippen molar-refractivity contribution in [3.63, 3.8) is 0 Å². The minimum Gasteiger partial charge on any atom is -0.310 e. The highest BCUT2D eigenvalue weighted by molar-refractivity contribution is 6.26. The van der Waals surface area contributed by atoms with E-state index in [9.17, 15) is 0 Å². The molecule has 0 saturated heterocycles. The summed E-state index contributed by atoms with van der Waals surface area (Å²) in [4.78, 5) is 2.39. The molecule has 1 unspecified atom stereocenters. The number of anilines is 3. The van der Waals surface area contributed by atoms with Crippen LogP contribution in [0.3, 0.4) is 0 Å². The molecule has 0 bridgehead atoms. The second-order valence-electron chi connectivity index (χ2n) is 15.2. The van der Waals surface area contributed by atoms with Crippen molar-refractivity contribution < 1.29 is 0 Å². The molecule has 56 heavy (non-hydrogen) atoms. The van der Waals surface area contributed by atoms with Crippen molar-refractivity contribution in [1.82, 2.24) is 0 Å². The molecule has 12 rings (SSSR count). The predicted octanol–water partition coefficient (Wildman–Crippen LogP) is 14.6. The van der Waals surface area contributed by atoms with Gasteiger partial charge in [0, 0.05) is 17.1 Å². The first-order valence-electron chi connectivity index (χ1n) is 19.5. The summed E-state index contributed by atoms with van der Waals surface area (Å²) < 4.78 is 0. The first-order valence-corrected chi connectivity index (χ1v) is 19.5. The second kappa shape index (κ2) is 11.9. The Labute approximate surface area is 326 Å². The minimum absolute atomic E-state index is 0.452. The Morgan fingerprint density at radius 2 is 0.679 bits per heavy atom. The van der Waals surface area contributed by atoms with Crippen molar-refractivity contribution >= 4 is 49.4 Å². The van der Waals surface area contributed by atoms with Crippen LogP contribution in [-0.2, 0) is 5.41 Å². The van der Waals surface area contributed by atoms with E-state index in [2.05, 4.69) is 217 Å². The van der Waals surface area contributed by atoms with Gasteiger partial charge in [-0.1, -0.05) is 164 Å². The number of hydrogen-bond donors (Lipinski definition) is 0. The summed E-state index contributed by atoms with van der Waals surface area (Å²) in [7, 11) is 0. The minimum atomic E-state index is -0.452. The summed E-state index contributed by atoms with van der Waals surface area (Å²) in [5.41, 5.74) is 16.0. The summed E-state index contributed by atoms with van der Waals surface area (Å²) in [6, 6.07) is 78.7. The Morgan fingerprint density at radius 1 is 0.250 bits per heavy atom. The number of nitrogens with zero attached hydrogens (tertiary/aromatic N) is 1. The Morgan fingerprint density at radius 3 is 1.30 bits per heavy atom. The summed E-state index contributed by atoms with van der Waals surface area (Å²) in [6.07, 6.45) is 0. The Hall–Kier alpha value is -7.22.